The molecule has 1 spiro atoms. The molecule has 2 aromatic heterocycles. The topological polar surface area (TPSA) is 70.3 Å². The number of nitrogens with one attached hydrogen (secondary N) is 1. The van der Waals surface area contributed by atoms with E-state index in [1.807, 2.05) is 6.20 Å². The highest BCUT2D eigenvalue weighted by molar-refractivity contribution is 5.94. The Bertz CT molecular complexity index is 1140. The van der Waals surface area contributed by atoms with Crippen molar-refractivity contribution in [1.82, 2.24) is 14.9 Å². The van der Waals surface area contributed by atoms with Crippen molar-refractivity contribution >= 4 is 22.4 Å². The minimum atomic E-state index is 0.422. The maximum atomic E-state index is 5.60. The standard InChI is InChI=1S/C29H40N6/c1-3-22-7-9-24-26(17-22)33-25(23-8-10-28(32-19-23)31-14-5-4-13-30)18-27(24)35-16-12-29(21-35)11-6-15-34(2)20-29/h7-10,17-19H,3-6,11-16,20-21,30H2,1-2H3,(H,31,32). The lowest BCUT2D eigenvalue weighted by atomic mass is 9.79. The number of anilines is 2. The van der Waals surface area contributed by atoms with Crippen LogP contribution in [0.15, 0.2) is 42.6 Å². The third kappa shape index (κ3) is 5.29. The van der Waals surface area contributed by atoms with Gasteiger partial charge in [-0.15, -0.1) is 0 Å². The largest absolute Gasteiger partial charge is 0.370 e. The van der Waals surface area contributed by atoms with E-state index in [-0.39, 0.29) is 0 Å². The molecule has 0 amide bonds. The number of pyridine rings is 2. The van der Waals surface area contributed by atoms with Gasteiger partial charge in [0.1, 0.15) is 5.82 Å². The van der Waals surface area contributed by atoms with Crippen LogP contribution in [0, 0.1) is 5.41 Å². The Kier molecular flexibility index (Phi) is 7.21. The number of benzene rings is 1. The highest BCUT2D eigenvalue weighted by Gasteiger charge is 2.41. The highest BCUT2D eigenvalue weighted by atomic mass is 15.2. The van der Waals surface area contributed by atoms with Gasteiger partial charge in [-0.1, -0.05) is 19.1 Å². The number of rotatable bonds is 8. The van der Waals surface area contributed by atoms with Crippen LogP contribution >= 0.6 is 0 Å². The number of fused-ring (bicyclic) bond motifs is 1. The van der Waals surface area contributed by atoms with Crippen molar-refractivity contribution in [1.29, 1.82) is 0 Å². The molecule has 0 aliphatic carbocycles. The SMILES string of the molecule is CCc1ccc2c(N3CCC4(CCCN(C)C4)C3)cc(-c3ccc(NCCCCN)nc3)nc2c1. The lowest BCUT2D eigenvalue weighted by Crippen LogP contribution is -2.42. The molecule has 3 aromatic rings. The molecule has 4 heterocycles. The monoisotopic (exact) mass is 472 g/mol. The van der Waals surface area contributed by atoms with Crippen LogP contribution in [-0.4, -0.2) is 61.2 Å². The summed E-state index contributed by atoms with van der Waals surface area (Å²) in [6.45, 7) is 8.53. The number of hydrogen-bond donors (Lipinski definition) is 2. The second-order valence-electron chi connectivity index (χ2n) is 10.6. The summed E-state index contributed by atoms with van der Waals surface area (Å²) in [6.07, 6.45) is 8.98. The van der Waals surface area contributed by atoms with E-state index in [4.69, 9.17) is 10.7 Å². The van der Waals surface area contributed by atoms with Gasteiger partial charge in [-0.05, 0) is 88.5 Å². The molecule has 2 fully saturated rings. The second-order valence-corrected chi connectivity index (χ2v) is 10.6. The minimum Gasteiger partial charge on any atom is -0.370 e. The third-order valence-corrected chi connectivity index (χ3v) is 7.89. The summed E-state index contributed by atoms with van der Waals surface area (Å²) in [4.78, 5) is 14.9. The molecule has 2 saturated heterocycles. The molecule has 186 valence electrons. The van der Waals surface area contributed by atoms with Crippen molar-refractivity contribution < 1.29 is 0 Å². The van der Waals surface area contributed by atoms with E-state index in [1.54, 1.807) is 0 Å². The first kappa shape index (κ1) is 24.0. The van der Waals surface area contributed by atoms with Gasteiger partial charge in [0, 0.05) is 54.4 Å². The third-order valence-electron chi connectivity index (χ3n) is 7.89. The summed E-state index contributed by atoms with van der Waals surface area (Å²) < 4.78 is 0. The summed E-state index contributed by atoms with van der Waals surface area (Å²) in [5.74, 6) is 0.906. The van der Waals surface area contributed by atoms with Gasteiger partial charge < -0.3 is 20.9 Å². The first-order valence-corrected chi connectivity index (χ1v) is 13.4. The van der Waals surface area contributed by atoms with Gasteiger partial charge in [0.2, 0.25) is 0 Å². The fourth-order valence-corrected chi connectivity index (χ4v) is 5.95. The first-order valence-electron chi connectivity index (χ1n) is 13.4. The van der Waals surface area contributed by atoms with E-state index in [2.05, 4.69) is 70.5 Å². The van der Waals surface area contributed by atoms with Crippen LogP contribution in [0.2, 0.25) is 0 Å². The van der Waals surface area contributed by atoms with E-state index in [1.165, 1.54) is 49.0 Å². The number of nitrogens with two attached hydrogens (primary N) is 1. The molecule has 6 nitrogen and oxygen atoms in total. The number of nitrogens with zero attached hydrogens (tertiary/aromatic N) is 4. The van der Waals surface area contributed by atoms with E-state index < -0.39 is 0 Å². The summed E-state index contributed by atoms with van der Waals surface area (Å²) in [6, 6.07) is 13.3. The molecule has 2 aliphatic rings. The van der Waals surface area contributed by atoms with Crippen LogP contribution < -0.4 is 16.0 Å². The zero-order chi connectivity index (χ0) is 24.3. The number of aromatic nitrogens is 2. The van der Waals surface area contributed by atoms with Gasteiger partial charge in [-0.3, -0.25) is 0 Å². The molecular formula is C29H40N6. The molecule has 0 saturated carbocycles. The Morgan fingerprint density at radius 2 is 1.97 bits per heavy atom. The quantitative estimate of drug-likeness (QED) is 0.453. The zero-order valence-corrected chi connectivity index (χ0v) is 21.4. The normalized spacial score (nSPS) is 20.7. The van der Waals surface area contributed by atoms with E-state index in [0.29, 0.717) is 5.41 Å². The summed E-state index contributed by atoms with van der Waals surface area (Å²) in [7, 11) is 2.28. The van der Waals surface area contributed by atoms with Crippen molar-refractivity contribution in [2.45, 2.75) is 45.4 Å². The number of aryl methyl sites for hydroxylation is 1. The van der Waals surface area contributed by atoms with Crippen molar-refractivity contribution in [3.05, 3.63) is 48.2 Å². The molecule has 0 bridgehead atoms. The number of piperidine rings is 1. The van der Waals surface area contributed by atoms with Crippen LogP contribution in [0.1, 0.15) is 44.6 Å². The van der Waals surface area contributed by atoms with Crippen LogP contribution in [0.4, 0.5) is 11.5 Å². The lowest BCUT2D eigenvalue weighted by Gasteiger charge is -2.38. The Hall–Kier alpha value is -2.70. The van der Waals surface area contributed by atoms with Crippen LogP contribution in [0.5, 0.6) is 0 Å². The van der Waals surface area contributed by atoms with Crippen LogP contribution in [-0.2, 0) is 6.42 Å². The van der Waals surface area contributed by atoms with Gasteiger partial charge in [0.25, 0.3) is 0 Å². The maximum absolute atomic E-state index is 5.60. The number of likely N-dealkylation sites (tertiary alicyclic amines) is 1. The summed E-state index contributed by atoms with van der Waals surface area (Å²) >= 11 is 0. The molecule has 3 N–H and O–H groups in total. The predicted molar refractivity (Wildman–Crippen MR) is 147 cm³/mol. The molecule has 0 radical (unpaired) electrons. The van der Waals surface area contributed by atoms with Crippen molar-refractivity contribution in [3.8, 4) is 11.3 Å². The van der Waals surface area contributed by atoms with Gasteiger partial charge >= 0.3 is 0 Å². The van der Waals surface area contributed by atoms with Gasteiger partial charge in [0.15, 0.2) is 0 Å². The molecule has 35 heavy (non-hydrogen) atoms. The fraction of sp³-hybridized carbons (Fsp3) is 0.517. The molecule has 1 unspecified atom stereocenters. The van der Waals surface area contributed by atoms with Gasteiger partial charge in [0.05, 0.1) is 11.2 Å². The van der Waals surface area contributed by atoms with E-state index in [0.717, 1.165) is 68.0 Å². The average Bonchev–Trinajstić information content (AvgIpc) is 3.28. The lowest BCUT2D eigenvalue weighted by molar-refractivity contribution is 0.128. The Morgan fingerprint density at radius 3 is 2.74 bits per heavy atom. The highest BCUT2D eigenvalue weighted by Crippen LogP contribution is 2.42. The second kappa shape index (κ2) is 10.5. The van der Waals surface area contributed by atoms with Crippen LogP contribution in [0.3, 0.4) is 0 Å². The van der Waals surface area contributed by atoms with E-state index >= 15 is 0 Å². The average molecular weight is 473 g/mol. The molecule has 5 rings (SSSR count). The Morgan fingerprint density at radius 1 is 1.06 bits per heavy atom. The molecule has 2 aliphatic heterocycles. The smallest absolute Gasteiger partial charge is 0.125 e. The van der Waals surface area contributed by atoms with Gasteiger partial charge in [-0.2, -0.15) is 0 Å². The van der Waals surface area contributed by atoms with Gasteiger partial charge in [-0.25, -0.2) is 9.97 Å². The molecule has 1 atom stereocenters. The van der Waals surface area contributed by atoms with Crippen LogP contribution in [0.25, 0.3) is 22.2 Å². The fourth-order valence-electron chi connectivity index (χ4n) is 5.95. The Labute approximate surface area is 209 Å². The predicted octanol–water partition coefficient (Wildman–Crippen LogP) is 4.93. The minimum absolute atomic E-state index is 0.422. The van der Waals surface area contributed by atoms with Crippen molar-refractivity contribution in [2.24, 2.45) is 11.1 Å². The van der Waals surface area contributed by atoms with Crippen molar-refractivity contribution in [2.75, 3.05) is 56.5 Å². The number of hydrogen-bond acceptors (Lipinski definition) is 6. The first-order chi connectivity index (χ1) is 17.1. The number of unbranched alkanes of at least 4 members (excludes halogenated alkanes) is 1. The Balaban J connectivity index is 1.45. The zero-order valence-electron chi connectivity index (χ0n) is 21.4. The molecule has 1 aromatic carbocycles. The maximum Gasteiger partial charge on any atom is 0.125 e. The molecule has 6 heteroatoms. The van der Waals surface area contributed by atoms with E-state index in [9.17, 15) is 0 Å². The molecular weight excluding hydrogens is 432 g/mol. The summed E-state index contributed by atoms with van der Waals surface area (Å²) in [5, 5.41) is 4.66. The van der Waals surface area contributed by atoms with Crippen molar-refractivity contribution in [3.63, 3.8) is 0 Å². The summed E-state index contributed by atoms with van der Waals surface area (Å²) in [5.41, 5.74) is 11.8.